The molecule has 1 N–H and O–H groups in total. The molecule has 1 saturated carbocycles. The van der Waals surface area contributed by atoms with E-state index in [0.29, 0.717) is 18.1 Å². The molecule has 2 aliphatic rings. The molecule has 0 spiro atoms. The van der Waals surface area contributed by atoms with Gasteiger partial charge in [-0.2, -0.15) is 0 Å². The molecule has 5 heteroatoms. The lowest BCUT2D eigenvalue weighted by molar-refractivity contribution is -0.144. The van der Waals surface area contributed by atoms with Crippen molar-refractivity contribution >= 4 is 23.4 Å². The summed E-state index contributed by atoms with van der Waals surface area (Å²) in [6.45, 7) is 1.31. The Morgan fingerprint density at radius 3 is 2.45 bits per heavy atom. The predicted molar refractivity (Wildman–Crippen MR) is 85.8 cm³/mol. The molecule has 0 atom stereocenters. The molecule has 1 heterocycles. The van der Waals surface area contributed by atoms with Gasteiger partial charge in [0.15, 0.2) is 0 Å². The molecule has 0 bridgehead atoms. The van der Waals surface area contributed by atoms with Crippen LogP contribution in [0.2, 0.25) is 5.02 Å². The van der Waals surface area contributed by atoms with E-state index in [-0.39, 0.29) is 18.4 Å². The molecule has 1 aromatic rings. The third-order valence-electron chi connectivity index (χ3n) is 4.84. The molecule has 1 saturated heterocycles. The van der Waals surface area contributed by atoms with Crippen LogP contribution in [0.25, 0.3) is 0 Å². The number of hydrogen-bond donors (Lipinski definition) is 1. The SMILES string of the molecule is O=C1CN(C(=O)C2(c3ccc(Cl)cc3)CCCCC2)CCN1. The first-order chi connectivity index (χ1) is 10.6. The topological polar surface area (TPSA) is 49.4 Å². The average Bonchev–Trinajstić information content (AvgIpc) is 2.55. The van der Waals surface area contributed by atoms with E-state index in [4.69, 9.17) is 11.6 Å². The van der Waals surface area contributed by atoms with Crippen molar-refractivity contribution in [2.75, 3.05) is 19.6 Å². The number of amides is 2. The number of rotatable bonds is 2. The van der Waals surface area contributed by atoms with Gasteiger partial charge in [0.25, 0.3) is 0 Å². The van der Waals surface area contributed by atoms with Crippen molar-refractivity contribution in [3.63, 3.8) is 0 Å². The molecule has 22 heavy (non-hydrogen) atoms. The van der Waals surface area contributed by atoms with Gasteiger partial charge >= 0.3 is 0 Å². The number of carbonyl (C=O) groups is 2. The van der Waals surface area contributed by atoms with Gasteiger partial charge in [-0.1, -0.05) is 43.0 Å². The fourth-order valence-corrected chi connectivity index (χ4v) is 3.79. The molecule has 0 aromatic heterocycles. The fraction of sp³-hybridized carbons (Fsp3) is 0.529. The summed E-state index contributed by atoms with van der Waals surface area (Å²) in [5.41, 5.74) is 0.549. The molecular formula is C17H21ClN2O2. The number of piperazine rings is 1. The summed E-state index contributed by atoms with van der Waals surface area (Å²) in [7, 11) is 0. The number of halogens is 1. The Hall–Kier alpha value is -1.55. The van der Waals surface area contributed by atoms with Crippen molar-refractivity contribution in [3.05, 3.63) is 34.9 Å². The van der Waals surface area contributed by atoms with Crippen molar-refractivity contribution in [1.82, 2.24) is 10.2 Å². The molecule has 0 radical (unpaired) electrons. The number of hydrogen-bond acceptors (Lipinski definition) is 2. The standard InChI is InChI=1S/C17H21ClN2O2/c18-14-6-4-13(5-7-14)17(8-2-1-3-9-17)16(22)20-11-10-19-15(21)12-20/h4-7H,1-3,8-12H2,(H,19,21). The monoisotopic (exact) mass is 320 g/mol. The van der Waals surface area contributed by atoms with Crippen molar-refractivity contribution < 1.29 is 9.59 Å². The van der Waals surface area contributed by atoms with Gasteiger partial charge in [-0.25, -0.2) is 0 Å². The van der Waals surface area contributed by atoms with Crippen LogP contribution in [0, 0.1) is 0 Å². The number of nitrogens with zero attached hydrogens (tertiary/aromatic N) is 1. The second kappa shape index (κ2) is 6.29. The van der Waals surface area contributed by atoms with Gasteiger partial charge in [0.1, 0.15) is 0 Å². The van der Waals surface area contributed by atoms with Crippen LogP contribution >= 0.6 is 11.6 Å². The van der Waals surface area contributed by atoms with E-state index in [0.717, 1.165) is 31.2 Å². The van der Waals surface area contributed by atoms with E-state index < -0.39 is 5.41 Å². The number of benzene rings is 1. The van der Waals surface area contributed by atoms with Crippen molar-refractivity contribution in [3.8, 4) is 0 Å². The van der Waals surface area contributed by atoms with E-state index in [1.165, 1.54) is 6.42 Å². The van der Waals surface area contributed by atoms with Crippen molar-refractivity contribution in [2.45, 2.75) is 37.5 Å². The number of carbonyl (C=O) groups excluding carboxylic acids is 2. The molecule has 2 amide bonds. The minimum atomic E-state index is -0.486. The van der Waals surface area contributed by atoms with Crippen LogP contribution in [0.4, 0.5) is 0 Å². The highest BCUT2D eigenvalue weighted by molar-refractivity contribution is 6.30. The fourth-order valence-electron chi connectivity index (χ4n) is 3.66. The molecule has 1 aromatic carbocycles. The Bertz CT molecular complexity index is 565. The van der Waals surface area contributed by atoms with E-state index in [2.05, 4.69) is 5.32 Å². The summed E-state index contributed by atoms with van der Waals surface area (Å²) in [4.78, 5) is 26.6. The van der Waals surface area contributed by atoms with Crippen LogP contribution in [0.15, 0.2) is 24.3 Å². The van der Waals surface area contributed by atoms with E-state index in [1.807, 2.05) is 24.3 Å². The molecule has 118 valence electrons. The van der Waals surface area contributed by atoms with Gasteiger partial charge in [0.2, 0.25) is 11.8 Å². The highest BCUT2D eigenvalue weighted by atomic mass is 35.5. The molecule has 3 rings (SSSR count). The summed E-state index contributed by atoms with van der Waals surface area (Å²) in [6, 6.07) is 7.64. The molecule has 2 fully saturated rings. The smallest absolute Gasteiger partial charge is 0.239 e. The molecule has 1 aliphatic carbocycles. The summed E-state index contributed by atoms with van der Waals surface area (Å²) in [5, 5.41) is 3.46. The van der Waals surface area contributed by atoms with Gasteiger partial charge in [-0.3, -0.25) is 9.59 Å². The van der Waals surface area contributed by atoms with Crippen molar-refractivity contribution in [2.24, 2.45) is 0 Å². The van der Waals surface area contributed by atoms with Gasteiger partial charge in [-0.15, -0.1) is 0 Å². The molecular weight excluding hydrogens is 300 g/mol. The van der Waals surface area contributed by atoms with Crippen LogP contribution in [0.1, 0.15) is 37.7 Å². The summed E-state index contributed by atoms with van der Waals surface area (Å²) in [6.07, 6.45) is 4.98. The first-order valence-corrected chi connectivity index (χ1v) is 8.32. The Morgan fingerprint density at radius 1 is 1.14 bits per heavy atom. The first kappa shape index (κ1) is 15.3. The molecule has 4 nitrogen and oxygen atoms in total. The van der Waals surface area contributed by atoms with E-state index in [9.17, 15) is 9.59 Å². The second-order valence-electron chi connectivity index (χ2n) is 6.23. The highest BCUT2D eigenvalue weighted by Gasteiger charge is 2.44. The maximum atomic E-state index is 13.2. The number of nitrogens with one attached hydrogen (secondary N) is 1. The van der Waals surface area contributed by atoms with Crippen LogP contribution in [-0.4, -0.2) is 36.3 Å². The summed E-state index contributed by atoms with van der Waals surface area (Å²) < 4.78 is 0. The van der Waals surface area contributed by atoms with Crippen LogP contribution in [0.5, 0.6) is 0 Å². The van der Waals surface area contributed by atoms with E-state index in [1.54, 1.807) is 4.90 Å². The normalized spacial score (nSPS) is 21.3. The lowest BCUT2D eigenvalue weighted by Gasteiger charge is -2.41. The van der Waals surface area contributed by atoms with Crippen LogP contribution in [0.3, 0.4) is 0 Å². The second-order valence-corrected chi connectivity index (χ2v) is 6.66. The third-order valence-corrected chi connectivity index (χ3v) is 5.09. The Labute approximate surface area is 135 Å². The quantitative estimate of drug-likeness (QED) is 0.910. The minimum absolute atomic E-state index is 0.0679. The maximum absolute atomic E-state index is 13.2. The van der Waals surface area contributed by atoms with Crippen LogP contribution < -0.4 is 5.32 Å². The van der Waals surface area contributed by atoms with Gasteiger partial charge < -0.3 is 10.2 Å². The average molecular weight is 321 g/mol. The summed E-state index contributed by atoms with van der Waals surface area (Å²) in [5.74, 6) is 0.0334. The summed E-state index contributed by atoms with van der Waals surface area (Å²) >= 11 is 6.00. The molecule has 0 unspecified atom stereocenters. The third kappa shape index (κ3) is 2.84. The Balaban J connectivity index is 1.93. The van der Waals surface area contributed by atoms with Gasteiger partial charge in [0.05, 0.1) is 12.0 Å². The first-order valence-electron chi connectivity index (χ1n) is 7.94. The molecule has 1 aliphatic heterocycles. The van der Waals surface area contributed by atoms with Crippen LogP contribution in [-0.2, 0) is 15.0 Å². The van der Waals surface area contributed by atoms with Crippen molar-refractivity contribution in [1.29, 1.82) is 0 Å². The van der Waals surface area contributed by atoms with E-state index >= 15 is 0 Å². The predicted octanol–water partition coefficient (Wildman–Crippen LogP) is 2.50. The zero-order valence-electron chi connectivity index (χ0n) is 12.6. The highest BCUT2D eigenvalue weighted by Crippen LogP contribution is 2.41. The minimum Gasteiger partial charge on any atom is -0.353 e. The zero-order chi connectivity index (χ0) is 15.6. The van der Waals surface area contributed by atoms with Gasteiger partial charge in [-0.05, 0) is 30.5 Å². The largest absolute Gasteiger partial charge is 0.353 e. The zero-order valence-corrected chi connectivity index (χ0v) is 13.4. The Kier molecular flexibility index (Phi) is 4.39. The maximum Gasteiger partial charge on any atom is 0.239 e. The van der Waals surface area contributed by atoms with Gasteiger partial charge in [0, 0.05) is 18.1 Å². The lowest BCUT2D eigenvalue weighted by Crippen LogP contribution is -2.56. The Morgan fingerprint density at radius 2 is 1.82 bits per heavy atom. The lowest BCUT2D eigenvalue weighted by atomic mass is 9.68.